The predicted molar refractivity (Wildman–Crippen MR) is 89.6 cm³/mol. The van der Waals surface area contributed by atoms with Crippen LogP contribution in [0.3, 0.4) is 0 Å². The lowest BCUT2D eigenvalue weighted by Crippen LogP contribution is -2.30. The van der Waals surface area contributed by atoms with E-state index in [1.165, 1.54) is 5.56 Å². The quantitative estimate of drug-likeness (QED) is 0.758. The van der Waals surface area contributed by atoms with Gasteiger partial charge in [-0.15, -0.1) is 0 Å². The van der Waals surface area contributed by atoms with Gasteiger partial charge in [-0.3, -0.25) is 4.79 Å². The van der Waals surface area contributed by atoms with Crippen molar-refractivity contribution in [2.75, 3.05) is 13.7 Å². The highest BCUT2D eigenvalue weighted by Gasteiger charge is 2.08. The topological polar surface area (TPSA) is 38.3 Å². The fourth-order valence-corrected chi connectivity index (χ4v) is 2.41. The Bertz CT molecular complexity index is 595. The monoisotopic (exact) mass is 297 g/mol. The second-order valence-corrected chi connectivity index (χ2v) is 5.45. The van der Waals surface area contributed by atoms with Crippen LogP contribution in [0.4, 0.5) is 0 Å². The zero-order valence-corrected chi connectivity index (χ0v) is 13.2. The lowest BCUT2D eigenvalue weighted by Gasteiger charge is -2.13. The van der Waals surface area contributed by atoms with Crippen molar-refractivity contribution in [1.82, 2.24) is 5.32 Å². The van der Waals surface area contributed by atoms with Gasteiger partial charge in [0.15, 0.2) is 5.78 Å². The molecular weight excluding hydrogens is 274 g/mol. The van der Waals surface area contributed by atoms with Gasteiger partial charge >= 0.3 is 0 Å². The van der Waals surface area contributed by atoms with Crippen LogP contribution in [0.1, 0.15) is 29.3 Å². The molecule has 0 spiro atoms. The third-order valence-corrected chi connectivity index (χ3v) is 3.62. The first-order valence-electron chi connectivity index (χ1n) is 7.63. The minimum absolute atomic E-state index is 0.137. The van der Waals surface area contributed by atoms with E-state index in [0.29, 0.717) is 24.6 Å². The maximum Gasteiger partial charge on any atom is 0.164 e. The minimum Gasteiger partial charge on any atom is -0.497 e. The average Bonchev–Trinajstić information content (AvgIpc) is 2.55. The molecule has 0 saturated heterocycles. The van der Waals surface area contributed by atoms with E-state index < -0.39 is 0 Å². The number of benzene rings is 2. The Morgan fingerprint density at radius 2 is 1.91 bits per heavy atom. The van der Waals surface area contributed by atoms with E-state index in [1.54, 1.807) is 13.2 Å². The van der Waals surface area contributed by atoms with E-state index in [-0.39, 0.29) is 5.78 Å². The number of nitrogens with one attached hydrogen (secondary N) is 1. The molecule has 0 aromatic heterocycles. The number of carbonyl (C=O) groups excluding carboxylic acids is 1. The van der Waals surface area contributed by atoms with Crippen molar-refractivity contribution in [3.63, 3.8) is 0 Å². The summed E-state index contributed by atoms with van der Waals surface area (Å²) in [5, 5.41) is 3.41. The molecule has 3 heteroatoms. The van der Waals surface area contributed by atoms with Crippen molar-refractivity contribution < 1.29 is 9.53 Å². The van der Waals surface area contributed by atoms with E-state index in [9.17, 15) is 4.79 Å². The number of hydrogen-bond donors (Lipinski definition) is 1. The van der Waals surface area contributed by atoms with Gasteiger partial charge in [0.2, 0.25) is 0 Å². The van der Waals surface area contributed by atoms with E-state index in [2.05, 4.69) is 24.4 Å². The summed E-state index contributed by atoms with van der Waals surface area (Å²) in [5.41, 5.74) is 2.01. The summed E-state index contributed by atoms with van der Waals surface area (Å²) in [7, 11) is 1.61. The Kier molecular flexibility index (Phi) is 6.16. The predicted octanol–water partition coefficient (Wildman–Crippen LogP) is 3.49. The number of methoxy groups -OCH3 is 1. The van der Waals surface area contributed by atoms with Crippen molar-refractivity contribution in [2.24, 2.45) is 0 Å². The summed E-state index contributed by atoms with van der Waals surface area (Å²) in [6.07, 6.45) is 1.46. The van der Waals surface area contributed by atoms with Crippen molar-refractivity contribution in [2.45, 2.75) is 25.8 Å². The molecule has 22 heavy (non-hydrogen) atoms. The van der Waals surface area contributed by atoms with Gasteiger partial charge in [0.1, 0.15) is 5.75 Å². The third kappa shape index (κ3) is 5.01. The summed E-state index contributed by atoms with van der Waals surface area (Å²) < 4.78 is 5.15. The highest BCUT2D eigenvalue weighted by Crippen LogP contribution is 2.13. The Balaban J connectivity index is 1.76. The lowest BCUT2D eigenvalue weighted by molar-refractivity contribution is 0.0981. The molecule has 2 aromatic carbocycles. The highest BCUT2D eigenvalue weighted by atomic mass is 16.5. The molecule has 0 fully saturated rings. The molecule has 0 amide bonds. The van der Waals surface area contributed by atoms with Crippen molar-refractivity contribution in [3.8, 4) is 5.75 Å². The van der Waals surface area contributed by atoms with Crippen LogP contribution >= 0.6 is 0 Å². The normalized spacial score (nSPS) is 11.9. The molecule has 1 unspecified atom stereocenters. The number of carbonyl (C=O) groups is 1. The molecule has 2 aromatic rings. The zero-order valence-electron chi connectivity index (χ0n) is 13.2. The molecule has 0 aliphatic heterocycles. The van der Waals surface area contributed by atoms with Crippen LogP contribution < -0.4 is 10.1 Å². The molecule has 0 radical (unpaired) electrons. The second-order valence-electron chi connectivity index (χ2n) is 5.45. The number of rotatable bonds is 8. The van der Waals surface area contributed by atoms with Crippen LogP contribution in [0.2, 0.25) is 0 Å². The van der Waals surface area contributed by atoms with Crippen LogP contribution in [0.5, 0.6) is 5.75 Å². The summed E-state index contributed by atoms with van der Waals surface area (Å²) in [4.78, 5) is 12.2. The molecule has 1 atom stereocenters. The number of ketones is 1. The van der Waals surface area contributed by atoms with Gasteiger partial charge in [-0.2, -0.15) is 0 Å². The number of ether oxygens (including phenoxy) is 1. The maximum atomic E-state index is 12.2. The molecule has 0 heterocycles. The SMILES string of the molecule is COc1cccc(C(=O)CCNC(C)Cc2ccccc2)c1. The highest BCUT2D eigenvalue weighted by molar-refractivity contribution is 5.96. The largest absolute Gasteiger partial charge is 0.497 e. The van der Waals surface area contributed by atoms with E-state index in [0.717, 1.165) is 12.2 Å². The van der Waals surface area contributed by atoms with Gasteiger partial charge in [0.25, 0.3) is 0 Å². The fourth-order valence-electron chi connectivity index (χ4n) is 2.41. The van der Waals surface area contributed by atoms with Gasteiger partial charge in [0.05, 0.1) is 7.11 Å². The third-order valence-electron chi connectivity index (χ3n) is 3.62. The van der Waals surface area contributed by atoms with Crippen LogP contribution in [-0.2, 0) is 6.42 Å². The van der Waals surface area contributed by atoms with Crippen LogP contribution in [-0.4, -0.2) is 25.5 Å². The maximum absolute atomic E-state index is 12.2. The van der Waals surface area contributed by atoms with Gasteiger partial charge in [-0.25, -0.2) is 0 Å². The van der Waals surface area contributed by atoms with Crippen molar-refractivity contribution >= 4 is 5.78 Å². The standard InChI is InChI=1S/C19H23NO2/c1-15(13-16-7-4-3-5-8-16)20-12-11-19(21)17-9-6-10-18(14-17)22-2/h3-10,14-15,20H,11-13H2,1-2H3. The first-order valence-corrected chi connectivity index (χ1v) is 7.63. The zero-order chi connectivity index (χ0) is 15.8. The van der Waals surface area contributed by atoms with E-state index >= 15 is 0 Å². The van der Waals surface area contributed by atoms with Crippen molar-refractivity contribution in [1.29, 1.82) is 0 Å². The molecule has 0 aliphatic carbocycles. The number of Topliss-reactive ketones (excluding diaryl/α,β-unsaturated/α-hetero) is 1. The molecule has 1 N–H and O–H groups in total. The first-order chi connectivity index (χ1) is 10.7. The molecule has 0 aliphatic rings. The molecule has 116 valence electrons. The van der Waals surface area contributed by atoms with Gasteiger partial charge in [0, 0.05) is 24.6 Å². The Morgan fingerprint density at radius 1 is 1.14 bits per heavy atom. The molecule has 3 nitrogen and oxygen atoms in total. The summed E-state index contributed by atoms with van der Waals surface area (Å²) in [5.74, 6) is 0.856. The fraction of sp³-hybridized carbons (Fsp3) is 0.316. The number of hydrogen-bond acceptors (Lipinski definition) is 3. The lowest BCUT2D eigenvalue weighted by atomic mass is 10.1. The van der Waals surface area contributed by atoms with E-state index in [1.807, 2.05) is 36.4 Å². The van der Waals surface area contributed by atoms with Gasteiger partial charge in [-0.05, 0) is 31.0 Å². The van der Waals surface area contributed by atoms with Gasteiger partial charge in [-0.1, -0.05) is 42.5 Å². The van der Waals surface area contributed by atoms with Crippen LogP contribution in [0.15, 0.2) is 54.6 Å². The molecular formula is C19H23NO2. The van der Waals surface area contributed by atoms with Crippen LogP contribution in [0, 0.1) is 0 Å². The van der Waals surface area contributed by atoms with Crippen molar-refractivity contribution in [3.05, 3.63) is 65.7 Å². The smallest absolute Gasteiger partial charge is 0.164 e. The first kappa shape index (κ1) is 16.2. The minimum atomic E-state index is 0.137. The summed E-state index contributed by atoms with van der Waals surface area (Å²) in [6, 6.07) is 18.0. The average molecular weight is 297 g/mol. The molecule has 0 saturated carbocycles. The molecule has 2 rings (SSSR count). The Morgan fingerprint density at radius 3 is 2.64 bits per heavy atom. The molecule has 0 bridgehead atoms. The summed E-state index contributed by atoms with van der Waals surface area (Å²) in [6.45, 7) is 2.83. The second kappa shape index (κ2) is 8.35. The Labute approximate surface area is 132 Å². The Hall–Kier alpha value is -2.13. The van der Waals surface area contributed by atoms with Crippen LogP contribution in [0.25, 0.3) is 0 Å². The summed E-state index contributed by atoms with van der Waals surface area (Å²) >= 11 is 0. The van der Waals surface area contributed by atoms with E-state index in [4.69, 9.17) is 4.74 Å². The van der Waals surface area contributed by atoms with Gasteiger partial charge < -0.3 is 10.1 Å².